The van der Waals surface area contributed by atoms with E-state index in [0.29, 0.717) is 23.8 Å². The van der Waals surface area contributed by atoms with Crippen molar-refractivity contribution in [1.82, 2.24) is 10.1 Å². The average Bonchev–Trinajstić information content (AvgIpc) is 2.90. The van der Waals surface area contributed by atoms with Crippen molar-refractivity contribution < 1.29 is 4.52 Å². The number of halogens is 1. The Morgan fingerprint density at radius 2 is 2.00 bits per heavy atom. The first-order chi connectivity index (χ1) is 10.1. The minimum Gasteiger partial charge on any atom is -0.397 e. The fraction of sp³-hybridized carbons (Fsp3) is 0.125. The van der Waals surface area contributed by atoms with Crippen LogP contribution in [0, 0.1) is 6.92 Å². The number of nitrogens with zero attached hydrogens (tertiary/aromatic N) is 2. The molecule has 0 bridgehead atoms. The van der Waals surface area contributed by atoms with Crippen molar-refractivity contribution in [2.45, 2.75) is 13.3 Å². The molecule has 0 radical (unpaired) electrons. The molecule has 3 rings (SSSR count). The van der Waals surface area contributed by atoms with Crippen LogP contribution in [0.3, 0.4) is 0 Å². The number of hydrogen-bond donors (Lipinski definition) is 1. The van der Waals surface area contributed by atoms with E-state index in [2.05, 4.69) is 51.2 Å². The molecule has 106 valence electrons. The van der Waals surface area contributed by atoms with Gasteiger partial charge in [0.15, 0.2) is 5.82 Å². The van der Waals surface area contributed by atoms with E-state index in [1.165, 1.54) is 5.56 Å². The van der Waals surface area contributed by atoms with Crippen LogP contribution in [0.4, 0.5) is 5.69 Å². The number of aromatic nitrogens is 2. The maximum atomic E-state index is 6.02. The molecule has 0 fully saturated rings. The Labute approximate surface area is 131 Å². The van der Waals surface area contributed by atoms with Gasteiger partial charge in [0, 0.05) is 10.9 Å². The van der Waals surface area contributed by atoms with Crippen LogP contribution in [0.1, 0.15) is 17.0 Å². The summed E-state index contributed by atoms with van der Waals surface area (Å²) in [7, 11) is 0. The average molecular weight is 344 g/mol. The molecule has 3 aromatic rings. The van der Waals surface area contributed by atoms with E-state index in [9.17, 15) is 0 Å². The molecule has 0 aliphatic heterocycles. The SMILES string of the molecule is Cc1cccc(Cc2noc(-c3cccc(Br)c3N)n2)c1. The molecule has 0 atom stereocenters. The van der Waals surface area contributed by atoms with Gasteiger partial charge in [-0.2, -0.15) is 4.98 Å². The second-order valence-corrected chi connectivity index (χ2v) is 5.74. The molecule has 0 amide bonds. The van der Waals surface area contributed by atoms with Crippen LogP contribution >= 0.6 is 15.9 Å². The summed E-state index contributed by atoms with van der Waals surface area (Å²) in [6.07, 6.45) is 0.638. The van der Waals surface area contributed by atoms with Gasteiger partial charge in [-0.3, -0.25) is 0 Å². The van der Waals surface area contributed by atoms with Gasteiger partial charge in [-0.15, -0.1) is 0 Å². The van der Waals surface area contributed by atoms with Gasteiger partial charge in [0.2, 0.25) is 0 Å². The van der Waals surface area contributed by atoms with Crippen molar-refractivity contribution >= 4 is 21.6 Å². The zero-order chi connectivity index (χ0) is 14.8. The lowest BCUT2D eigenvalue weighted by atomic mass is 10.1. The third-order valence-corrected chi connectivity index (χ3v) is 3.89. The van der Waals surface area contributed by atoms with Gasteiger partial charge in [-0.05, 0) is 40.5 Å². The van der Waals surface area contributed by atoms with Gasteiger partial charge < -0.3 is 10.3 Å². The van der Waals surface area contributed by atoms with Gasteiger partial charge in [0.25, 0.3) is 5.89 Å². The van der Waals surface area contributed by atoms with E-state index >= 15 is 0 Å². The highest BCUT2D eigenvalue weighted by molar-refractivity contribution is 9.10. The first-order valence-corrected chi connectivity index (χ1v) is 7.35. The molecule has 0 aliphatic rings. The van der Waals surface area contributed by atoms with E-state index in [1.807, 2.05) is 24.3 Å². The normalized spacial score (nSPS) is 10.8. The van der Waals surface area contributed by atoms with Crippen LogP contribution in [-0.4, -0.2) is 10.1 Å². The number of anilines is 1. The molecule has 0 unspecified atom stereocenters. The van der Waals surface area contributed by atoms with Crippen molar-refractivity contribution in [3.8, 4) is 11.5 Å². The van der Waals surface area contributed by atoms with Gasteiger partial charge in [-0.1, -0.05) is 41.1 Å². The van der Waals surface area contributed by atoms with Crippen molar-refractivity contribution in [3.63, 3.8) is 0 Å². The van der Waals surface area contributed by atoms with E-state index in [0.717, 1.165) is 15.6 Å². The molecular formula is C16H14BrN3O. The quantitative estimate of drug-likeness (QED) is 0.730. The molecule has 0 spiro atoms. The van der Waals surface area contributed by atoms with E-state index in [1.54, 1.807) is 0 Å². The summed E-state index contributed by atoms with van der Waals surface area (Å²) >= 11 is 3.40. The fourth-order valence-electron chi connectivity index (χ4n) is 2.16. The largest absolute Gasteiger partial charge is 0.397 e. The fourth-order valence-corrected chi connectivity index (χ4v) is 2.53. The molecule has 5 heteroatoms. The number of benzene rings is 2. The predicted octanol–water partition coefficient (Wildman–Crippen LogP) is 3.98. The number of rotatable bonds is 3. The maximum Gasteiger partial charge on any atom is 0.260 e. The lowest BCUT2D eigenvalue weighted by molar-refractivity contribution is 0.424. The molecule has 2 N–H and O–H groups in total. The summed E-state index contributed by atoms with van der Waals surface area (Å²) in [5, 5.41) is 4.03. The maximum absolute atomic E-state index is 6.02. The topological polar surface area (TPSA) is 64.9 Å². The monoisotopic (exact) mass is 343 g/mol. The first-order valence-electron chi connectivity index (χ1n) is 6.56. The second-order valence-electron chi connectivity index (χ2n) is 4.88. The minimum absolute atomic E-state index is 0.441. The Hall–Kier alpha value is -2.14. The van der Waals surface area contributed by atoms with Crippen molar-refractivity contribution in [3.05, 3.63) is 63.9 Å². The van der Waals surface area contributed by atoms with Crippen LogP contribution in [0.2, 0.25) is 0 Å². The Morgan fingerprint density at radius 1 is 1.19 bits per heavy atom. The second kappa shape index (κ2) is 5.69. The van der Waals surface area contributed by atoms with Gasteiger partial charge in [-0.25, -0.2) is 0 Å². The number of para-hydroxylation sites is 1. The highest BCUT2D eigenvalue weighted by atomic mass is 79.9. The molecule has 2 aromatic carbocycles. The highest BCUT2D eigenvalue weighted by Gasteiger charge is 2.13. The molecular weight excluding hydrogens is 330 g/mol. The predicted molar refractivity (Wildman–Crippen MR) is 85.8 cm³/mol. The molecule has 0 aliphatic carbocycles. The van der Waals surface area contributed by atoms with E-state index < -0.39 is 0 Å². The van der Waals surface area contributed by atoms with Crippen LogP contribution < -0.4 is 5.73 Å². The Morgan fingerprint density at radius 3 is 2.81 bits per heavy atom. The molecule has 21 heavy (non-hydrogen) atoms. The summed E-state index contributed by atoms with van der Waals surface area (Å²) in [6.45, 7) is 2.06. The Balaban J connectivity index is 1.88. The zero-order valence-corrected chi connectivity index (χ0v) is 13.1. The molecule has 1 aromatic heterocycles. The van der Waals surface area contributed by atoms with Crippen molar-refractivity contribution in [2.24, 2.45) is 0 Å². The van der Waals surface area contributed by atoms with Crippen molar-refractivity contribution in [1.29, 1.82) is 0 Å². The number of aryl methyl sites for hydroxylation is 1. The summed E-state index contributed by atoms with van der Waals surface area (Å²) in [4.78, 5) is 4.43. The lowest BCUT2D eigenvalue weighted by Crippen LogP contribution is -1.93. The van der Waals surface area contributed by atoms with E-state index in [4.69, 9.17) is 10.3 Å². The summed E-state index contributed by atoms with van der Waals surface area (Å²) in [6, 6.07) is 13.9. The summed E-state index contributed by atoms with van der Waals surface area (Å²) in [5.41, 5.74) is 9.74. The smallest absolute Gasteiger partial charge is 0.260 e. The molecule has 4 nitrogen and oxygen atoms in total. The van der Waals surface area contributed by atoms with Crippen molar-refractivity contribution in [2.75, 3.05) is 5.73 Å². The number of hydrogen-bond acceptors (Lipinski definition) is 4. The standard InChI is InChI=1S/C16H14BrN3O/c1-10-4-2-5-11(8-10)9-14-19-16(21-20-14)12-6-3-7-13(17)15(12)18/h2-8H,9,18H2,1H3. The third kappa shape index (κ3) is 2.97. The highest BCUT2D eigenvalue weighted by Crippen LogP contribution is 2.30. The Bertz CT molecular complexity index is 783. The summed E-state index contributed by atoms with van der Waals surface area (Å²) in [5.74, 6) is 1.09. The van der Waals surface area contributed by atoms with Gasteiger partial charge in [0.1, 0.15) is 0 Å². The third-order valence-electron chi connectivity index (χ3n) is 3.20. The van der Waals surface area contributed by atoms with Crippen LogP contribution in [0.15, 0.2) is 51.5 Å². The molecule has 0 saturated carbocycles. The Kier molecular flexibility index (Phi) is 3.75. The van der Waals surface area contributed by atoms with Crippen LogP contribution in [0.5, 0.6) is 0 Å². The van der Waals surface area contributed by atoms with Gasteiger partial charge in [0.05, 0.1) is 11.3 Å². The minimum atomic E-state index is 0.441. The van der Waals surface area contributed by atoms with Crippen LogP contribution in [0.25, 0.3) is 11.5 Å². The molecule has 0 saturated heterocycles. The van der Waals surface area contributed by atoms with E-state index in [-0.39, 0.29) is 0 Å². The zero-order valence-electron chi connectivity index (χ0n) is 11.5. The first kappa shape index (κ1) is 13.8. The lowest BCUT2D eigenvalue weighted by Gasteiger charge is -2.01. The number of nitrogen functional groups attached to an aromatic ring is 1. The number of nitrogens with two attached hydrogens (primary N) is 1. The summed E-state index contributed by atoms with van der Waals surface area (Å²) < 4.78 is 6.15. The molecule has 1 heterocycles. The van der Waals surface area contributed by atoms with Gasteiger partial charge >= 0.3 is 0 Å². The van der Waals surface area contributed by atoms with Crippen LogP contribution in [-0.2, 0) is 6.42 Å².